The van der Waals surface area contributed by atoms with Crippen molar-refractivity contribution in [3.63, 3.8) is 0 Å². The molecule has 26 heavy (non-hydrogen) atoms. The van der Waals surface area contributed by atoms with Crippen molar-refractivity contribution < 1.29 is 9.59 Å². The Hall–Kier alpha value is -2.82. The van der Waals surface area contributed by atoms with Crippen LogP contribution >= 0.6 is 0 Å². The highest BCUT2D eigenvalue weighted by Gasteiger charge is 2.27. The molecule has 1 atom stereocenters. The number of benzene rings is 2. The molecule has 0 spiro atoms. The minimum atomic E-state index is -0.220. The SMILES string of the molecule is Cc1cccc(NC(=O)CNC(=O)CN2c3ccccc3C[C@H]2C)c1C. The molecule has 3 rings (SSSR count). The molecule has 0 saturated heterocycles. The predicted molar refractivity (Wildman–Crippen MR) is 105 cm³/mol. The van der Waals surface area contributed by atoms with Gasteiger partial charge in [0.15, 0.2) is 0 Å². The molecule has 0 bridgehead atoms. The molecule has 5 nitrogen and oxygen atoms in total. The van der Waals surface area contributed by atoms with E-state index in [-0.39, 0.29) is 30.9 Å². The largest absolute Gasteiger partial charge is 0.359 e. The Kier molecular flexibility index (Phi) is 5.26. The van der Waals surface area contributed by atoms with Gasteiger partial charge in [0.25, 0.3) is 0 Å². The molecular weight excluding hydrogens is 326 g/mol. The van der Waals surface area contributed by atoms with Crippen molar-refractivity contribution in [3.05, 3.63) is 59.2 Å². The molecule has 0 fully saturated rings. The first-order valence-electron chi connectivity index (χ1n) is 8.93. The zero-order valence-corrected chi connectivity index (χ0v) is 15.5. The van der Waals surface area contributed by atoms with E-state index >= 15 is 0 Å². The lowest BCUT2D eigenvalue weighted by molar-refractivity contribution is -0.123. The summed E-state index contributed by atoms with van der Waals surface area (Å²) in [5, 5.41) is 5.58. The quantitative estimate of drug-likeness (QED) is 0.871. The first kappa shape index (κ1) is 18.0. The van der Waals surface area contributed by atoms with Crippen LogP contribution in [-0.2, 0) is 16.0 Å². The van der Waals surface area contributed by atoms with Crippen molar-refractivity contribution in [1.29, 1.82) is 0 Å². The Balaban J connectivity index is 1.53. The van der Waals surface area contributed by atoms with Gasteiger partial charge in [-0.05, 0) is 56.0 Å². The molecule has 0 saturated carbocycles. The Labute approximate surface area is 154 Å². The van der Waals surface area contributed by atoms with Gasteiger partial charge in [0, 0.05) is 17.4 Å². The molecule has 0 aromatic heterocycles. The smallest absolute Gasteiger partial charge is 0.243 e. The normalized spacial score (nSPS) is 15.5. The van der Waals surface area contributed by atoms with E-state index in [0.29, 0.717) is 0 Å². The number of rotatable bonds is 5. The van der Waals surface area contributed by atoms with E-state index in [1.165, 1.54) is 5.56 Å². The number of carbonyl (C=O) groups excluding carboxylic acids is 2. The van der Waals surface area contributed by atoms with E-state index < -0.39 is 0 Å². The monoisotopic (exact) mass is 351 g/mol. The van der Waals surface area contributed by atoms with Gasteiger partial charge in [0.1, 0.15) is 0 Å². The Morgan fingerprint density at radius 1 is 1.08 bits per heavy atom. The van der Waals surface area contributed by atoms with E-state index in [1.54, 1.807) is 0 Å². The third kappa shape index (κ3) is 3.87. The Morgan fingerprint density at radius 2 is 1.85 bits per heavy atom. The summed E-state index contributed by atoms with van der Waals surface area (Å²) in [4.78, 5) is 26.5. The summed E-state index contributed by atoms with van der Waals surface area (Å²) in [7, 11) is 0. The number of carbonyl (C=O) groups is 2. The maximum Gasteiger partial charge on any atom is 0.243 e. The summed E-state index contributed by atoms with van der Waals surface area (Å²) in [5.74, 6) is -0.369. The summed E-state index contributed by atoms with van der Waals surface area (Å²) < 4.78 is 0. The van der Waals surface area contributed by atoms with Crippen LogP contribution < -0.4 is 15.5 Å². The highest BCUT2D eigenvalue weighted by atomic mass is 16.2. The molecule has 1 heterocycles. The number of hydrogen-bond donors (Lipinski definition) is 2. The Morgan fingerprint density at radius 3 is 2.65 bits per heavy atom. The summed E-state index contributed by atoms with van der Waals surface area (Å²) in [6.45, 7) is 6.31. The van der Waals surface area contributed by atoms with Crippen molar-refractivity contribution in [2.75, 3.05) is 23.3 Å². The van der Waals surface area contributed by atoms with Crippen LogP contribution in [0.2, 0.25) is 0 Å². The van der Waals surface area contributed by atoms with Crippen molar-refractivity contribution in [2.24, 2.45) is 0 Å². The fourth-order valence-electron chi connectivity index (χ4n) is 3.34. The highest BCUT2D eigenvalue weighted by molar-refractivity contribution is 5.95. The van der Waals surface area contributed by atoms with Crippen LogP contribution in [0, 0.1) is 13.8 Å². The number of aryl methyl sites for hydroxylation is 1. The third-order valence-electron chi connectivity index (χ3n) is 4.99. The number of anilines is 2. The van der Waals surface area contributed by atoms with E-state index in [9.17, 15) is 9.59 Å². The molecule has 5 heteroatoms. The second-order valence-electron chi connectivity index (χ2n) is 6.88. The maximum atomic E-state index is 12.3. The molecule has 0 aliphatic carbocycles. The van der Waals surface area contributed by atoms with E-state index in [1.807, 2.05) is 50.2 Å². The first-order valence-corrected chi connectivity index (χ1v) is 8.93. The molecular formula is C21H25N3O2. The van der Waals surface area contributed by atoms with Crippen LogP contribution in [0.3, 0.4) is 0 Å². The molecule has 2 amide bonds. The standard InChI is InChI=1S/C21H25N3O2/c1-14-7-6-9-18(16(14)3)23-20(25)12-22-21(26)13-24-15(2)11-17-8-4-5-10-19(17)24/h4-10,15H,11-13H2,1-3H3,(H,22,26)(H,23,25)/t15-/m1/s1. The number of nitrogens with one attached hydrogen (secondary N) is 2. The average Bonchev–Trinajstić information content (AvgIpc) is 2.93. The molecule has 0 unspecified atom stereocenters. The van der Waals surface area contributed by atoms with Gasteiger partial charge in [-0.25, -0.2) is 0 Å². The van der Waals surface area contributed by atoms with Crippen LogP contribution in [0.1, 0.15) is 23.6 Å². The second-order valence-corrected chi connectivity index (χ2v) is 6.88. The lowest BCUT2D eigenvalue weighted by atomic mass is 10.1. The van der Waals surface area contributed by atoms with Crippen LogP contribution in [-0.4, -0.2) is 30.9 Å². The predicted octanol–water partition coefficient (Wildman–Crippen LogP) is 2.81. The maximum absolute atomic E-state index is 12.3. The summed E-state index contributed by atoms with van der Waals surface area (Å²) in [6, 6.07) is 14.2. The molecule has 2 aromatic rings. The van der Waals surface area contributed by atoms with Gasteiger partial charge in [-0.2, -0.15) is 0 Å². The van der Waals surface area contributed by atoms with Gasteiger partial charge < -0.3 is 15.5 Å². The topological polar surface area (TPSA) is 61.4 Å². The number of amides is 2. The molecule has 2 N–H and O–H groups in total. The molecule has 1 aliphatic heterocycles. The molecule has 1 aliphatic rings. The molecule has 0 radical (unpaired) electrons. The minimum absolute atomic E-state index is 0.0317. The van der Waals surface area contributed by atoms with Gasteiger partial charge in [-0.15, -0.1) is 0 Å². The van der Waals surface area contributed by atoms with E-state index in [4.69, 9.17) is 0 Å². The number of fused-ring (bicyclic) bond motifs is 1. The summed E-state index contributed by atoms with van der Waals surface area (Å²) in [6.07, 6.45) is 0.941. The second kappa shape index (κ2) is 7.60. The molecule has 136 valence electrons. The number of nitrogens with zero attached hydrogens (tertiary/aromatic N) is 1. The fraction of sp³-hybridized carbons (Fsp3) is 0.333. The summed E-state index contributed by atoms with van der Waals surface area (Å²) in [5.41, 5.74) is 5.31. The van der Waals surface area contributed by atoms with E-state index in [2.05, 4.69) is 28.5 Å². The van der Waals surface area contributed by atoms with Crippen molar-refractivity contribution in [1.82, 2.24) is 5.32 Å². The molecule has 2 aromatic carbocycles. The van der Waals surface area contributed by atoms with Crippen LogP contribution in [0.15, 0.2) is 42.5 Å². The van der Waals surface area contributed by atoms with Crippen molar-refractivity contribution in [2.45, 2.75) is 33.2 Å². The van der Waals surface area contributed by atoms with Gasteiger partial charge in [0.2, 0.25) is 11.8 Å². The first-order chi connectivity index (χ1) is 12.5. The highest BCUT2D eigenvalue weighted by Crippen LogP contribution is 2.31. The zero-order valence-electron chi connectivity index (χ0n) is 15.5. The zero-order chi connectivity index (χ0) is 18.7. The lowest BCUT2D eigenvalue weighted by Crippen LogP contribution is -2.42. The van der Waals surface area contributed by atoms with Crippen LogP contribution in [0.25, 0.3) is 0 Å². The van der Waals surface area contributed by atoms with Gasteiger partial charge in [-0.1, -0.05) is 30.3 Å². The lowest BCUT2D eigenvalue weighted by Gasteiger charge is -2.24. The van der Waals surface area contributed by atoms with E-state index in [0.717, 1.165) is 28.9 Å². The van der Waals surface area contributed by atoms with Gasteiger partial charge >= 0.3 is 0 Å². The number of para-hydroxylation sites is 1. The van der Waals surface area contributed by atoms with Gasteiger partial charge in [0.05, 0.1) is 13.1 Å². The van der Waals surface area contributed by atoms with Crippen molar-refractivity contribution in [3.8, 4) is 0 Å². The van der Waals surface area contributed by atoms with Crippen LogP contribution in [0.5, 0.6) is 0 Å². The van der Waals surface area contributed by atoms with Gasteiger partial charge in [-0.3, -0.25) is 9.59 Å². The Bertz CT molecular complexity index is 832. The van der Waals surface area contributed by atoms with Crippen LogP contribution in [0.4, 0.5) is 11.4 Å². The third-order valence-corrected chi connectivity index (χ3v) is 4.99. The van der Waals surface area contributed by atoms with Crippen molar-refractivity contribution >= 4 is 23.2 Å². The fourth-order valence-corrected chi connectivity index (χ4v) is 3.34. The average molecular weight is 351 g/mol. The summed E-state index contributed by atoms with van der Waals surface area (Å²) >= 11 is 0. The number of hydrogen-bond acceptors (Lipinski definition) is 3. The minimum Gasteiger partial charge on any atom is -0.359 e.